The maximum Gasteiger partial charge on any atom is 0.261 e. The van der Waals surface area contributed by atoms with Crippen LogP contribution in [0.25, 0.3) is 11.1 Å². The zero-order chi connectivity index (χ0) is 21.0. The lowest BCUT2D eigenvalue weighted by atomic mass is 9.98. The first kappa shape index (κ1) is 20.8. The second kappa shape index (κ2) is 9.12. The Labute approximate surface area is 181 Å². The highest BCUT2D eigenvalue weighted by Gasteiger charge is 2.29. The molecule has 1 fully saturated rings. The molecule has 0 aliphatic carbocycles. The minimum atomic E-state index is -3.44. The van der Waals surface area contributed by atoms with Crippen molar-refractivity contribution < 1.29 is 13.2 Å². The van der Waals surface area contributed by atoms with Crippen molar-refractivity contribution in [2.45, 2.75) is 17.7 Å². The van der Waals surface area contributed by atoms with E-state index in [1.807, 2.05) is 47.8 Å². The molecule has 1 aromatic heterocycles. The largest absolute Gasteiger partial charge is 0.351 e. The molecule has 5 nitrogen and oxygen atoms in total. The van der Waals surface area contributed by atoms with Gasteiger partial charge in [-0.1, -0.05) is 48.5 Å². The lowest BCUT2D eigenvalue weighted by Crippen LogP contribution is -2.41. The Hall–Kier alpha value is -2.48. The third-order valence-electron chi connectivity index (χ3n) is 5.46. The van der Waals surface area contributed by atoms with Crippen molar-refractivity contribution in [2.75, 3.05) is 19.6 Å². The van der Waals surface area contributed by atoms with E-state index in [-0.39, 0.29) is 11.8 Å². The Kier molecular flexibility index (Phi) is 6.32. The van der Waals surface area contributed by atoms with Crippen LogP contribution in [0.4, 0.5) is 0 Å². The summed E-state index contributed by atoms with van der Waals surface area (Å²) in [7, 11) is -3.44. The fourth-order valence-electron chi connectivity index (χ4n) is 3.74. The van der Waals surface area contributed by atoms with E-state index < -0.39 is 10.0 Å². The molecule has 2 heterocycles. The Bertz CT molecular complexity index is 1090. The van der Waals surface area contributed by atoms with Gasteiger partial charge in [0.2, 0.25) is 10.0 Å². The summed E-state index contributed by atoms with van der Waals surface area (Å²) in [6.07, 6.45) is 1.48. The summed E-state index contributed by atoms with van der Waals surface area (Å²) in [6, 6.07) is 20.4. The van der Waals surface area contributed by atoms with Gasteiger partial charge in [-0.2, -0.15) is 4.31 Å². The van der Waals surface area contributed by atoms with Crippen molar-refractivity contribution in [3.63, 3.8) is 0 Å². The molecule has 1 aliphatic rings. The molecule has 7 heteroatoms. The molecule has 4 rings (SSSR count). The topological polar surface area (TPSA) is 66.5 Å². The van der Waals surface area contributed by atoms with Gasteiger partial charge in [0.1, 0.15) is 0 Å². The van der Waals surface area contributed by atoms with Crippen molar-refractivity contribution >= 4 is 27.3 Å². The van der Waals surface area contributed by atoms with E-state index in [1.165, 1.54) is 11.3 Å². The van der Waals surface area contributed by atoms with Crippen LogP contribution in [-0.2, 0) is 10.0 Å². The van der Waals surface area contributed by atoms with Crippen LogP contribution in [0.15, 0.2) is 77.0 Å². The third-order valence-corrected chi connectivity index (χ3v) is 8.29. The fourth-order valence-corrected chi connectivity index (χ4v) is 6.07. The van der Waals surface area contributed by atoms with Gasteiger partial charge < -0.3 is 5.32 Å². The van der Waals surface area contributed by atoms with Crippen molar-refractivity contribution in [1.82, 2.24) is 9.62 Å². The summed E-state index contributed by atoms with van der Waals surface area (Å²) < 4.78 is 27.0. The van der Waals surface area contributed by atoms with Gasteiger partial charge in [0.25, 0.3) is 5.91 Å². The highest BCUT2D eigenvalue weighted by Crippen LogP contribution is 2.28. The Morgan fingerprint density at radius 3 is 2.27 bits per heavy atom. The monoisotopic (exact) mass is 440 g/mol. The van der Waals surface area contributed by atoms with Crippen LogP contribution in [-0.4, -0.2) is 38.3 Å². The first-order chi connectivity index (χ1) is 14.6. The number of carbonyl (C=O) groups excluding carboxylic acids is 1. The summed E-state index contributed by atoms with van der Waals surface area (Å²) in [6.45, 7) is 1.52. The van der Waals surface area contributed by atoms with E-state index in [0.29, 0.717) is 29.4 Å². The maximum atomic E-state index is 12.7. The minimum Gasteiger partial charge on any atom is -0.351 e. The molecule has 1 N–H and O–H groups in total. The van der Waals surface area contributed by atoms with Crippen LogP contribution in [0.2, 0.25) is 0 Å². The number of benzene rings is 2. The summed E-state index contributed by atoms with van der Waals surface area (Å²) in [5.74, 6) is 0.208. The zero-order valence-electron chi connectivity index (χ0n) is 16.5. The van der Waals surface area contributed by atoms with Crippen LogP contribution in [0.3, 0.4) is 0 Å². The number of nitrogens with one attached hydrogen (secondary N) is 1. The summed E-state index contributed by atoms with van der Waals surface area (Å²) >= 11 is 1.44. The molecule has 0 atom stereocenters. The molecule has 3 aromatic rings. The molecule has 156 valence electrons. The number of carbonyl (C=O) groups is 1. The zero-order valence-corrected chi connectivity index (χ0v) is 18.2. The first-order valence-corrected chi connectivity index (χ1v) is 12.3. The summed E-state index contributed by atoms with van der Waals surface area (Å²) in [5, 5.41) is 4.99. The van der Waals surface area contributed by atoms with E-state index in [4.69, 9.17) is 0 Å². The Morgan fingerprint density at radius 2 is 1.60 bits per heavy atom. The van der Waals surface area contributed by atoms with E-state index in [2.05, 4.69) is 5.32 Å². The van der Waals surface area contributed by atoms with Crippen LogP contribution >= 0.6 is 11.3 Å². The van der Waals surface area contributed by atoms with Gasteiger partial charge in [0.15, 0.2) is 0 Å². The molecule has 0 unspecified atom stereocenters. The Morgan fingerprint density at radius 1 is 0.967 bits per heavy atom. The molecular formula is C23H24N2O3S2. The molecule has 0 spiro atoms. The number of sulfonamides is 1. The lowest BCUT2D eigenvalue weighted by Gasteiger charge is -2.31. The molecule has 30 heavy (non-hydrogen) atoms. The number of piperidine rings is 1. The smallest absolute Gasteiger partial charge is 0.261 e. The number of nitrogens with zero attached hydrogens (tertiary/aromatic N) is 1. The third kappa shape index (κ3) is 4.48. The van der Waals surface area contributed by atoms with Gasteiger partial charge >= 0.3 is 0 Å². The number of thiophene rings is 1. The molecule has 0 bridgehead atoms. The van der Waals surface area contributed by atoms with E-state index in [0.717, 1.165) is 24.0 Å². The molecule has 0 radical (unpaired) electrons. The number of rotatable bonds is 6. The highest BCUT2D eigenvalue weighted by atomic mass is 32.2. The number of amides is 1. The average molecular weight is 441 g/mol. The second-order valence-corrected chi connectivity index (χ2v) is 10.3. The van der Waals surface area contributed by atoms with E-state index >= 15 is 0 Å². The summed E-state index contributed by atoms with van der Waals surface area (Å²) in [4.78, 5) is 13.8. The number of hydrogen-bond donors (Lipinski definition) is 1. The van der Waals surface area contributed by atoms with Crippen LogP contribution in [0, 0.1) is 5.92 Å². The second-order valence-electron chi connectivity index (χ2n) is 7.40. The van der Waals surface area contributed by atoms with Crippen LogP contribution in [0.5, 0.6) is 0 Å². The quantitative estimate of drug-likeness (QED) is 0.623. The Balaban J connectivity index is 1.33. The normalized spacial score (nSPS) is 15.7. The SMILES string of the molecule is O=C(NCC1CCN(S(=O)(=O)c2ccccc2)CC1)c1sccc1-c1ccccc1. The molecule has 1 amide bonds. The standard InChI is InChI=1S/C23H24N2O3S2/c26-23(22-21(13-16-29-22)19-7-3-1-4-8-19)24-17-18-11-14-25(15-12-18)30(27,28)20-9-5-2-6-10-20/h1-10,13,16,18H,11-12,14-15,17H2,(H,24,26). The van der Waals surface area contributed by atoms with Gasteiger partial charge in [-0.25, -0.2) is 8.42 Å². The fraction of sp³-hybridized carbons (Fsp3) is 0.261. The van der Waals surface area contributed by atoms with Gasteiger partial charge in [-0.3, -0.25) is 4.79 Å². The van der Waals surface area contributed by atoms with Crippen LogP contribution in [0.1, 0.15) is 22.5 Å². The molecule has 2 aromatic carbocycles. The van der Waals surface area contributed by atoms with Gasteiger partial charge in [0.05, 0.1) is 9.77 Å². The minimum absolute atomic E-state index is 0.0665. The first-order valence-electron chi connectivity index (χ1n) is 10.0. The summed E-state index contributed by atoms with van der Waals surface area (Å²) in [5.41, 5.74) is 1.98. The molecular weight excluding hydrogens is 416 g/mol. The predicted octanol–water partition coefficient (Wildman–Crippen LogP) is 4.25. The van der Waals surface area contributed by atoms with Crippen LogP contribution < -0.4 is 5.32 Å². The molecule has 0 saturated carbocycles. The molecule has 1 saturated heterocycles. The average Bonchev–Trinajstić information content (AvgIpc) is 3.29. The van der Waals surface area contributed by atoms with Crippen molar-refractivity contribution in [2.24, 2.45) is 5.92 Å². The van der Waals surface area contributed by atoms with E-state index in [1.54, 1.807) is 28.6 Å². The van der Waals surface area contributed by atoms with Crippen molar-refractivity contribution in [3.8, 4) is 11.1 Å². The maximum absolute atomic E-state index is 12.7. The van der Waals surface area contributed by atoms with E-state index in [9.17, 15) is 13.2 Å². The number of hydrogen-bond acceptors (Lipinski definition) is 4. The highest BCUT2D eigenvalue weighted by molar-refractivity contribution is 7.89. The van der Waals surface area contributed by atoms with Crippen molar-refractivity contribution in [1.29, 1.82) is 0 Å². The lowest BCUT2D eigenvalue weighted by molar-refractivity contribution is 0.0946. The van der Waals surface area contributed by atoms with Gasteiger partial charge in [-0.05, 0) is 47.9 Å². The predicted molar refractivity (Wildman–Crippen MR) is 120 cm³/mol. The van der Waals surface area contributed by atoms with Gasteiger partial charge in [-0.15, -0.1) is 11.3 Å². The van der Waals surface area contributed by atoms with Gasteiger partial charge in [0, 0.05) is 25.2 Å². The molecule has 1 aliphatic heterocycles. The van der Waals surface area contributed by atoms with Crippen molar-refractivity contribution in [3.05, 3.63) is 77.0 Å².